The van der Waals surface area contributed by atoms with Crippen LogP contribution in [0.3, 0.4) is 0 Å². The number of hydrogen-bond donors (Lipinski definition) is 2. The number of ether oxygens (including phenoxy) is 2. The number of nitrogens with two attached hydrogens (primary N) is 1. The third-order valence-electron chi connectivity index (χ3n) is 1.00. The summed E-state index contributed by atoms with van der Waals surface area (Å²) in [5, 5.41) is 3.38. The van der Waals surface area contributed by atoms with Crippen LogP contribution in [0.25, 0.3) is 0 Å². The minimum absolute atomic E-state index is 0.101. The van der Waals surface area contributed by atoms with Gasteiger partial charge < -0.3 is 15.2 Å². The van der Waals surface area contributed by atoms with Crippen LogP contribution < -0.4 is 11.3 Å². The molecule has 0 saturated carbocycles. The molecule has 0 heterocycles. The molecule has 14 heavy (non-hydrogen) atoms. The van der Waals surface area contributed by atoms with Gasteiger partial charge in [0, 0.05) is 0 Å². The lowest BCUT2D eigenvalue weighted by Crippen LogP contribution is -2.23. The van der Waals surface area contributed by atoms with Crippen molar-refractivity contribution in [1.82, 2.24) is 5.59 Å². The number of rotatable bonds is 5. The third kappa shape index (κ3) is 7.01. The van der Waals surface area contributed by atoms with Crippen molar-refractivity contribution in [2.24, 2.45) is 10.8 Å². The molecule has 7 heteroatoms. The van der Waals surface area contributed by atoms with Crippen LogP contribution in [-0.4, -0.2) is 25.4 Å². The molecule has 0 fully saturated rings. The lowest BCUT2D eigenvalue weighted by Gasteiger charge is -2.03. The van der Waals surface area contributed by atoms with Crippen molar-refractivity contribution in [2.75, 3.05) is 13.2 Å². The Balaban J connectivity index is 3.54. The van der Waals surface area contributed by atoms with E-state index in [9.17, 15) is 4.79 Å². The Kier molecular flexibility index (Phi) is 7.02. The topological polar surface area (TPSA) is 95.2 Å². The number of carbonyl (C=O) groups is 1. The largest absolute Gasteiger partial charge is 0.534 e. The minimum Gasteiger partial charge on any atom is -0.464 e. The number of hydrogen-bond acceptors (Lipinski definition) is 6. The second kappa shape index (κ2) is 7.96. The molecular weight excluding hydrogens is 190 g/mol. The van der Waals surface area contributed by atoms with Crippen molar-refractivity contribution in [3.05, 3.63) is 0 Å². The highest BCUT2D eigenvalue weighted by Gasteiger charge is 2.00. The highest BCUT2D eigenvalue weighted by Crippen LogP contribution is 1.82. The first-order valence-corrected chi connectivity index (χ1v) is 4.25. The second-order valence-corrected chi connectivity index (χ2v) is 2.17. The summed E-state index contributed by atoms with van der Waals surface area (Å²) in [5.41, 5.74) is 7.20. The maximum atomic E-state index is 10.6. The summed E-state index contributed by atoms with van der Waals surface area (Å²) in [4.78, 5) is 14.9. The van der Waals surface area contributed by atoms with Crippen molar-refractivity contribution < 1.29 is 19.1 Å². The highest BCUT2D eigenvalue weighted by molar-refractivity contribution is 5.71. The monoisotopic (exact) mass is 205 g/mol. The summed E-state index contributed by atoms with van der Waals surface area (Å²) in [5.74, 6) is 0. The van der Waals surface area contributed by atoms with Crippen LogP contribution in [-0.2, 0) is 14.3 Å². The molecule has 82 valence electrons. The molecule has 7 nitrogen and oxygen atoms in total. The number of nitrogens with zero attached hydrogens (tertiary/aromatic N) is 1. The van der Waals surface area contributed by atoms with E-state index in [2.05, 4.69) is 14.7 Å². The molecule has 0 aromatic heterocycles. The zero-order chi connectivity index (χ0) is 10.8. The van der Waals surface area contributed by atoms with Crippen molar-refractivity contribution >= 4 is 12.2 Å². The Hall–Kier alpha value is -1.66. The van der Waals surface area contributed by atoms with Crippen LogP contribution in [0.2, 0.25) is 0 Å². The Morgan fingerprint density at radius 1 is 1.43 bits per heavy atom. The maximum Gasteiger partial charge on any atom is 0.534 e. The summed E-state index contributed by atoms with van der Waals surface area (Å²) in [7, 11) is 0. The zero-order valence-electron chi connectivity index (χ0n) is 8.28. The van der Waals surface area contributed by atoms with Gasteiger partial charge in [0.15, 0.2) is 0 Å². The first-order valence-electron chi connectivity index (χ1n) is 4.25. The molecule has 0 aliphatic carbocycles. The van der Waals surface area contributed by atoms with Gasteiger partial charge in [-0.1, -0.05) is 12.0 Å². The predicted molar refractivity (Wildman–Crippen MR) is 49.1 cm³/mol. The fraction of sp³-hybridized carbons (Fsp3) is 0.714. The zero-order valence-corrected chi connectivity index (χ0v) is 8.28. The average molecular weight is 205 g/mol. The van der Waals surface area contributed by atoms with Crippen molar-refractivity contribution in [3.63, 3.8) is 0 Å². The van der Waals surface area contributed by atoms with Crippen molar-refractivity contribution in [3.8, 4) is 0 Å². The van der Waals surface area contributed by atoms with Gasteiger partial charge in [-0.05, 0) is 13.3 Å². The van der Waals surface area contributed by atoms with E-state index in [4.69, 9.17) is 10.5 Å². The van der Waals surface area contributed by atoms with Gasteiger partial charge in [-0.25, -0.2) is 4.79 Å². The summed E-state index contributed by atoms with van der Waals surface area (Å²) >= 11 is 0. The molecule has 0 spiro atoms. The van der Waals surface area contributed by atoms with Gasteiger partial charge >= 0.3 is 12.2 Å². The highest BCUT2D eigenvalue weighted by atomic mass is 16.8. The Labute approximate surface area is 82.1 Å². The van der Waals surface area contributed by atoms with Crippen molar-refractivity contribution in [1.29, 1.82) is 0 Å². The van der Waals surface area contributed by atoms with Gasteiger partial charge in [-0.2, -0.15) is 0 Å². The molecular formula is C7H15N3O4. The van der Waals surface area contributed by atoms with Gasteiger partial charge in [-0.15, -0.1) is 5.59 Å². The van der Waals surface area contributed by atoms with Gasteiger partial charge in [0.1, 0.15) is 0 Å². The fourth-order valence-corrected chi connectivity index (χ4v) is 0.491. The van der Waals surface area contributed by atoms with Gasteiger partial charge in [-0.3, -0.25) is 4.84 Å². The quantitative estimate of drug-likeness (QED) is 0.290. The van der Waals surface area contributed by atoms with Crippen LogP contribution in [0.1, 0.15) is 20.3 Å². The Morgan fingerprint density at radius 3 is 2.71 bits per heavy atom. The van der Waals surface area contributed by atoms with E-state index in [0.29, 0.717) is 6.61 Å². The fourth-order valence-electron chi connectivity index (χ4n) is 0.491. The first-order chi connectivity index (χ1) is 6.70. The Bertz CT molecular complexity index is 195. The van der Waals surface area contributed by atoms with Crippen LogP contribution in [0.5, 0.6) is 0 Å². The summed E-state index contributed by atoms with van der Waals surface area (Å²) in [6, 6.07) is -0.101. The van der Waals surface area contributed by atoms with E-state index in [0.717, 1.165) is 6.42 Å². The van der Waals surface area contributed by atoms with Gasteiger partial charge in [0.05, 0.1) is 13.2 Å². The lowest BCUT2D eigenvalue weighted by molar-refractivity contribution is 0.0193. The molecule has 0 bridgehead atoms. The van der Waals surface area contributed by atoms with E-state index >= 15 is 0 Å². The molecule has 0 aromatic rings. The van der Waals surface area contributed by atoms with Crippen LogP contribution in [0.15, 0.2) is 5.10 Å². The number of carbonyl (C=O) groups excluding carboxylic acids is 1. The molecule has 3 N–H and O–H groups in total. The van der Waals surface area contributed by atoms with E-state index in [1.807, 2.05) is 12.5 Å². The van der Waals surface area contributed by atoms with Crippen LogP contribution >= 0.6 is 0 Å². The molecule has 0 aliphatic heterocycles. The third-order valence-corrected chi connectivity index (χ3v) is 1.00. The van der Waals surface area contributed by atoms with Crippen LogP contribution in [0, 0.1) is 0 Å². The standard InChI is InChI=1S/C7H15N3O4/c1-3-5-13-6(8)9-10-14-7(11)12-4-2/h10H,3-5H2,1-2H3,(H2,8,9). The molecule has 0 rings (SSSR count). The average Bonchev–Trinajstić information content (AvgIpc) is 2.15. The molecule has 0 amide bonds. The van der Waals surface area contributed by atoms with E-state index in [1.165, 1.54) is 0 Å². The number of amidine groups is 1. The molecule has 0 aromatic carbocycles. The number of nitrogens with one attached hydrogen (secondary N) is 1. The number of hydrazone groups is 1. The van der Waals surface area contributed by atoms with E-state index in [1.54, 1.807) is 6.92 Å². The summed E-state index contributed by atoms with van der Waals surface area (Å²) in [6.07, 6.45) is -0.0610. The summed E-state index contributed by atoms with van der Waals surface area (Å²) < 4.78 is 9.30. The SMILES string of the molecule is CCCOC(N)=NNOC(=O)OCC. The normalized spacial score (nSPS) is 10.6. The minimum atomic E-state index is -0.875. The Morgan fingerprint density at radius 2 is 2.14 bits per heavy atom. The van der Waals surface area contributed by atoms with Gasteiger partial charge in [0.25, 0.3) is 0 Å². The smallest absolute Gasteiger partial charge is 0.464 e. The molecule has 0 unspecified atom stereocenters. The molecule has 0 saturated heterocycles. The maximum absolute atomic E-state index is 10.6. The lowest BCUT2D eigenvalue weighted by atomic mass is 10.5. The predicted octanol–water partition coefficient (Wildman–Crippen LogP) is 0.320. The summed E-state index contributed by atoms with van der Waals surface area (Å²) in [6.45, 7) is 4.27. The van der Waals surface area contributed by atoms with Gasteiger partial charge in [0.2, 0.25) is 0 Å². The van der Waals surface area contributed by atoms with E-state index in [-0.39, 0.29) is 12.6 Å². The first kappa shape index (κ1) is 12.3. The van der Waals surface area contributed by atoms with Crippen LogP contribution in [0.4, 0.5) is 4.79 Å². The second-order valence-electron chi connectivity index (χ2n) is 2.17. The molecule has 0 radical (unpaired) electrons. The molecule has 0 aliphatic rings. The van der Waals surface area contributed by atoms with Crippen molar-refractivity contribution in [2.45, 2.75) is 20.3 Å². The molecule has 0 atom stereocenters. The van der Waals surface area contributed by atoms with E-state index < -0.39 is 6.16 Å².